The van der Waals surface area contributed by atoms with Crippen LogP contribution in [0.15, 0.2) is 0 Å². The first-order valence-corrected chi connectivity index (χ1v) is 16.7. The molecule has 0 saturated carbocycles. The molecule has 0 amide bonds. The van der Waals surface area contributed by atoms with Crippen LogP contribution < -0.4 is 0 Å². The van der Waals surface area contributed by atoms with E-state index in [9.17, 15) is 9.59 Å². The van der Waals surface area contributed by atoms with Crippen molar-refractivity contribution >= 4 is 11.9 Å². The van der Waals surface area contributed by atoms with Gasteiger partial charge < -0.3 is 9.47 Å². The highest BCUT2D eigenvalue weighted by Crippen LogP contribution is 2.18. The Balaban J connectivity index is 3.36. The highest BCUT2D eigenvalue weighted by atomic mass is 16.5. The lowest BCUT2D eigenvalue weighted by atomic mass is 9.97. The van der Waals surface area contributed by atoms with Crippen LogP contribution in [0, 0.1) is 17.8 Å². The van der Waals surface area contributed by atoms with Crippen molar-refractivity contribution in [1.29, 1.82) is 0 Å². The number of hydrogen-bond donors (Lipinski definition) is 0. The van der Waals surface area contributed by atoms with Crippen molar-refractivity contribution in [3.63, 3.8) is 0 Å². The van der Waals surface area contributed by atoms with E-state index in [4.69, 9.17) is 9.47 Å². The van der Waals surface area contributed by atoms with Gasteiger partial charge in [0.25, 0.3) is 0 Å². The molecule has 0 aromatic carbocycles. The number of hydrogen-bond acceptors (Lipinski definition) is 4. The zero-order valence-corrected chi connectivity index (χ0v) is 26.3. The Hall–Kier alpha value is -1.06. The molecule has 0 rings (SSSR count). The Morgan fingerprint density at radius 2 is 0.895 bits per heavy atom. The van der Waals surface area contributed by atoms with E-state index in [2.05, 4.69) is 34.6 Å². The molecule has 0 saturated heterocycles. The molecule has 0 heterocycles. The van der Waals surface area contributed by atoms with Crippen molar-refractivity contribution in [3.05, 3.63) is 0 Å². The standard InChI is InChI=1S/C34H66O4/c1-6-32(34(36)38-29-23-25-31(4)5)26-20-18-16-14-12-10-8-7-9-11-13-15-17-19-21-27-33(35)37-28-22-24-30(2)3/h30-32H,6-29H2,1-5H3. The maximum atomic E-state index is 12.2. The Bertz CT molecular complexity index is 529. The van der Waals surface area contributed by atoms with Gasteiger partial charge in [-0.15, -0.1) is 0 Å². The molecule has 0 radical (unpaired) electrons. The van der Waals surface area contributed by atoms with Crippen molar-refractivity contribution < 1.29 is 19.1 Å². The second-order valence-corrected chi connectivity index (χ2v) is 12.4. The Morgan fingerprint density at radius 1 is 0.500 bits per heavy atom. The van der Waals surface area contributed by atoms with Crippen LogP contribution in [0.1, 0.15) is 176 Å². The number of esters is 2. The molecule has 4 heteroatoms. The minimum Gasteiger partial charge on any atom is -0.466 e. The highest BCUT2D eigenvalue weighted by molar-refractivity contribution is 5.72. The summed E-state index contributed by atoms with van der Waals surface area (Å²) in [7, 11) is 0. The molecule has 226 valence electrons. The van der Waals surface area contributed by atoms with Crippen LogP contribution in [0.5, 0.6) is 0 Å². The number of carbonyl (C=O) groups is 2. The average Bonchev–Trinajstić information content (AvgIpc) is 2.88. The Labute approximate surface area is 237 Å². The van der Waals surface area contributed by atoms with E-state index in [-0.39, 0.29) is 17.9 Å². The van der Waals surface area contributed by atoms with Crippen molar-refractivity contribution in [2.45, 2.75) is 176 Å². The summed E-state index contributed by atoms with van der Waals surface area (Å²) in [6.45, 7) is 12.1. The molecule has 38 heavy (non-hydrogen) atoms. The lowest BCUT2D eigenvalue weighted by molar-refractivity contribution is -0.149. The SMILES string of the molecule is CCC(CCCCCCCCCCCCCCCCCC(=O)OCCCC(C)C)C(=O)OCCCC(C)C. The minimum atomic E-state index is -0.0104. The lowest BCUT2D eigenvalue weighted by Crippen LogP contribution is -2.18. The fourth-order valence-electron chi connectivity index (χ4n) is 4.98. The van der Waals surface area contributed by atoms with E-state index in [1.54, 1.807) is 0 Å². The molecule has 0 aromatic rings. The molecular formula is C34H66O4. The lowest BCUT2D eigenvalue weighted by Gasteiger charge is -2.14. The summed E-state index contributed by atoms with van der Waals surface area (Å²) in [5, 5.41) is 0. The van der Waals surface area contributed by atoms with Crippen LogP contribution in [0.3, 0.4) is 0 Å². The third-order valence-electron chi connectivity index (χ3n) is 7.62. The Morgan fingerprint density at radius 3 is 1.32 bits per heavy atom. The van der Waals surface area contributed by atoms with Gasteiger partial charge in [-0.3, -0.25) is 9.59 Å². The van der Waals surface area contributed by atoms with Gasteiger partial charge in [-0.1, -0.05) is 125 Å². The monoisotopic (exact) mass is 538 g/mol. The molecule has 0 aromatic heterocycles. The third-order valence-corrected chi connectivity index (χ3v) is 7.62. The van der Waals surface area contributed by atoms with E-state index in [1.165, 1.54) is 77.0 Å². The molecule has 0 aliphatic carbocycles. The predicted molar refractivity (Wildman–Crippen MR) is 162 cm³/mol. The summed E-state index contributed by atoms with van der Waals surface area (Å²) in [5.74, 6) is 1.48. The fraction of sp³-hybridized carbons (Fsp3) is 0.941. The number of carbonyl (C=O) groups excluding carboxylic acids is 2. The summed E-state index contributed by atoms with van der Waals surface area (Å²) >= 11 is 0. The summed E-state index contributed by atoms with van der Waals surface area (Å²) < 4.78 is 10.8. The summed E-state index contributed by atoms with van der Waals surface area (Å²) in [5.41, 5.74) is 0. The van der Waals surface area contributed by atoms with Crippen LogP contribution in [-0.4, -0.2) is 25.2 Å². The second kappa shape index (κ2) is 27.5. The summed E-state index contributed by atoms with van der Waals surface area (Å²) in [6, 6.07) is 0. The molecule has 0 fully saturated rings. The molecule has 0 spiro atoms. The zero-order valence-electron chi connectivity index (χ0n) is 26.3. The first-order chi connectivity index (χ1) is 18.4. The largest absolute Gasteiger partial charge is 0.466 e. The normalized spacial score (nSPS) is 12.3. The number of unbranched alkanes of at least 4 members (excludes halogenated alkanes) is 14. The molecular weight excluding hydrogens is 472 g/mol. The average molecular weight is 539 g/mol. The molecule has 0 aliphatic rings. The van der Waals surface area contributed by atoms with Crippen LogP contribution in [0.2, 0.25) is 0 Å². The van der Waals surface area contributed by atoms with Gasteiger partial charge in [-0.25, -0.2) is 0 Å². The van der Waals surface area contributed by atoms with E-state index in [0.29, 0.717) is 31.5 Å². The van der Waals surface area contributed by atoms with Gasteiger partial charge in [0.15, 0.2) is 0 Å². The van der Waals surface area contributed by atoms with Crippen LogP contribution in [0.4, 0.5) is 0 Å². The predicted octanol–water partition coefficient (Wildman–Crippen LogP) is 10.6. The van der Waals surface area contributed by atoms with Crippen molar-refractivity contribution in [1.82, 2.24) is 0 Å². The molecule has 0 N–H and O–H groups in total. The molecule has 0 aliphatic heterocycles. The first kappa shape index (κ1) is 36.9. The van der Waals surface area contributed by atoms with Gasteiger partial charge in [0.05, 0.1) is 19.1 Å². The fourth-order valence-corrected chi connectivity index (χ4v) is 4.98. The molecule has 0 bridgehead atoms. The third kappa shape index (κ3) is 26.5. The van der Waals surface area contributed by atoms with Gasteiger partial charge in [0.2, 0.25) is 0 Å². The Kier molecular flexibility index (Phi) is 26.7. The highest BCUT2D eigenvalue weighted by Gasteiger charge is 2.17. The molecule has 1 unspecified atom stereocenters. The van der Waals surface area contributed by atoms with Gasteiger partial charge in [0.1, 0.15) is 0 Å². The van der Waals surface area contributed by atoms with E-state index >= 15 is 0 Å². The molecule has 4 nitrogen and oxygen atoms in total. The zero-order chi connectivity index (χ0) is 28.3. The van der Waals surface area contributed by atoms with Crippen LogP contribution in [0.25, 0.3) is 0 Å². The maximum absolute atomic E-state index is 12.2. The van der Waals surface area contributed by atoms with Crippen LogP contribution in [-0.2, 0) is 19.1 Å². The number of ether oxygens (including phenoxy) is 2. The van der Waals surface area contributed by atoms with Gasteiger partial charge in [-0.05, 0) is 56.8 Å². The van der Waals surface area contributed by atoms with E-state index < -0.39 is 0 Å². The maximum Gasteiger partial charge on any atom is 0.308 e. The van der Waals surface area contributed by atoms with Gasteiger partial charge >= 0.3 is 11.9 Å². The van der Waals surface area contributed by atoms with Crippen molar-refractivity contribution in [3.8, 4) is 0 Å². The van der Waals surface area contributed by atoms with Crippen molar-refractivity contribution in [2.24, 2.45) is 17.8 Å². The topological polar surface area (TPSA) is 52.6 Å². The van der Waals surface area contributed by atoms with Crippen LogP contribution >= 0.6 is 0 Å². The van der Waals surface area contributed by atoms with E-state index in [1.807, 2.05) is 0 Å². The van der Waals surface area contributed by atoms with E-state index in [0.717, 1.165) is 57.8 Å². The summed E-state index contributed by atoms with van der Waals surface area (Å²) in [4.78, 5) is 24.0. The smallest absolute Gasteiger partial charge is 0.308 e. The second-order valence-electron chi connectivity index (χ2n) is 12.4. The van der Waals surface area contributed by atoms with Gasteiger partial charge in [-0.2, -0.15) is 0 Å². The number of rotatable bonds is 28. The quantitative estimate of drug-likeness (QED) is 0.0734. The van der Waals surface area contributed by atoms with Crippen molar-refractivity contribution in [2.75, 3.05) is 13.2 Å². The summed E-state index contributed by atoms with van der Waals surface area (Å²) in [6.07, 6.45) is 26.0. The minimum absolute atomic E-state index is 0.0104. The van der Waals surface area contributed by atoms with Gasteiger partial charge in [0, 0.05) is 6.42 Å². The molecule has 1 atom stereocenters. The first-order valence-electron chi connectivity index (χ1n) is 16.7.